The molecule has 2 saturated heterocycles. The first-order chi connectivity index (χ1) is 20.1. The molecular weight excluding hydrogens is 550 g/mol. The summed E-state index contributed by atoms with van der Waals surface area (Å²) >= 11 is 0. The number of carbonyl (C=O) groups excluding carboxylic acids is 1. The smallest absolute Gasteiger partial charge is 0.416 e. The Hall–Kier alpha value is -4.17. The monoisotopic (exact) mass is 581 g/mol. The van der Waals surface area contributed by atoms with Crippen molar-refractivity contribution in [2.45, 2.75) is 36.6 Å². The summed E-state index contributed by atoms with van der Waals surface area (Å²) in [6.07, 6.45) is -3.53. The Morgan fingerprint density at radius 2 is 1.86 bits per heavy atom. The lowest BCUT2D eigenvalue weighted by atomic mass is 9.72. The number of alkyl halides is 4. The summed E-state index contributed by atoms with van der Waals surface area (Å²) in [4.78, 5) is 22.3. The average Bonchev–Trinajstić information content (AvgIpc) is 3.32. The Labute approximate surface area is 241 Å². The van der Waals surface area contributed by atoms with Crippen molar-refractivity contribution in [3.05, 3.63) is 77.5 Å². The number of benzene rings is 2. The fourth-order valence-electron chi connectivity index (χ4n) is 5.94. The van der Waals surface area contributed by atoms with Gasteiger partial charge in [-0.15, -0.1) is 0 Å². The lowest BCUT2D eigenvalue weighted by molar-refractivity contribution is -0.137. The molecule has 5 rings (SSSR count). The molecule has 0 saturated carbocycles. The fraction of sp³-hybridized carbons (Fsp3) is 0.387. The molecule has 42 heavy (non-hydrogen) atoms. The van der Waals surface area contributed by atoms with Crippen LogP contribution >= 0.6 is 0 Å². The van der Waals surface area contributed by atoms with Gasteiger partial charge in [-0.3, -0.25) is 9.78 Å². The summed E-state index contributed by atoms with van der Waals surface area (Å²) < 4.78 is 59.9. The zero-order valence-corrected chi connectivity index (χ0v) is 23.3. The van der Waals surface area contributed by atoms with Gasteiger partial charge in [-0.1, -0.05) is 18.2 Å². The Bertz CT molecular complexity index is 1480. The maximum absolute atomic E-state index is 14.7. The van der Waals surface area contributed by atoms with Crippen LogP contribution < -0.4 is 15.0 Å². The van der Waals surface area contributed by atoms with Crippen LogP contribution in [-0.4, -0.2) is 68.3 Å². The van der Waals surface area contributed by atoms with E-state index in [-0.39, 0.29) is 18.0 Å². The largest absolute Gasteiger partial charge is 0.496 e. The number of para-hydroxylation sites is 1. The van der Waals surface area contributed by atoms with Gasteiger partial charge in [0.1, 0.15) is 18.0 Å². The van der Waals surface area contributed by atoms with Crippen LogP contribution in [-0.2, 0) is 16.4 Å². The quantitative estimate of drug-likeness (QED) is 0.415. The molecule has 0 radical (unpaired) electrons. The molecule has 2 fully saturated rings. The minimum absolute atomic E-state index is 0.0844. The van der Waals surface area contributed by atoms with E-state index in [1.807, 2.05) is 52.3 Å². The van der Waals surface area contributed by atoms with Gasteiger partial charge in [0, 0.05) is 37.9 Å². The van der Waals surface area contributed by atoms with Crippen molar-refractivity contribution < 1.29 is 27.1 Å². The predicted molar refractivity (Wildman–Crippen MR) is 150 cm³/mol. The van der Waals surface area contributed by atoms with Gasteiger partial charge >= 0.3 is 6.18 Å². The third-order valence-corrected chi connectivity index (χ3v) is 8.28. The highest BCUT2D eigenvalue weighted by Gasteiger charge is 2.46. The molecule has 1 aromatic heterocycles. The van der Waals surface area contributed by atoms with E-state index in [2.05, 4.69) is 10.3 Å². The molecule has 0 spiro atoms. The molecule has 0 bridgehead atoms. The number of halogens is 4. The van der Waals surface area contributed by atoms with Crippen LogP contribution in [0.4, 0.5) is 23.2 Å². The fourth-order valence-corrected chi connectivity index (χ4v) is 5.94. The number of carbonyl (C=O) groups is 1. The molecule has 220 valence electrons. The van der Waals surface area contributed by atoms with Crippen molar-refractivity contribution in [1.82, 2.24) is 15.2 Å². The van der Waals surface area contributed by atoms with Gasteiger partial charge in [0.2, 0.25) is 5.91 Å². The van der Waals surface area contributed by atoms with E-state index in [0.717, 1.165) is 17.7 Å². The van der Waals surface area contributed by atoms with Crippen LogP contribution in [0.1, 0.15) is 29.5 Å². The van der Waals surface area contributed by atoms with Gasteiger partial charge in [-0.25, -0.2) is 4.39 Å². The lowest BCUT2D eigenvalue weighted by Crippen LogP contribution is -2.55. The topological polar surface area (TPSA) is 81.5 Å². The zero-order chi connectivity index (χ0) is 30.1. The van der Waals surface area contributed by atoms with Crippen molar-refractivity contribution in [3.63, 3.8) is 0 Å². The first-order valence-electron chi connectivity index (χ1n) is 13.7. The third kappa shape index (κ3) is 5.63. The van der Waals surface area contributed by atoms with E-state index in [1.165, 1.54) is 6.07 Å². The number of aromatic nitrogens is 1. The van der Waals surface area contributed by atoms with Crippen molar-refractivity contribution in [3.8, 4) is 23.1 Å². The summed E-state index contributed by atoms with van der Waals surface area (Å²) in [5.74, 6) is 0.340. The number of pyridine rings is 1. The number of likely N-dealkylation sites (tertiary alicyclic amines) is 1. The highest BCUT2D eigenvalue weighted by molar-refractivity contribution is 5.89. The van der Waals surface area contributed by atoms with Crippen molar-refractivity contribution in [2.24, 2.45) is 0 Å². The van der Waals surface area contributed by atoms with E-state index >= 15 is 0 Å². The van der Waals surface area contributed by atoms with Gasteiger partial charge in [0.05, 0.1) is 41.1 Å². The molecule has 3 aromatic rings. The molecule has 11 heteroatoms. The maximum Gasteiger partial charge on any atom is 0.416 e. The summed E-state index contributed by atoms with van der Waals surface area (Å²) in [5.41, 5.74) is 0.464. The minimum Gasteiger partial charge on any atom is -0.496 e. The molecule has 0 unspecified atom stereocenters. The summed E-state index contributed by atoms with van der Waals surface area (Å²) in [6.45, 7) is 1.21. The molecule has 2 aromatic carbocycles. The number of likely N-dealkylation sites (N-methyl/N-ethyl adjacent to an activating group) is 1. The van der Waals surface area contributed by atoms with E-state index in [1.54, 1.807) is 20.4 Å². The van der Waals surface area contributed by atoms with Crippen LogP contribution in [0.5, 0.6) is 5.75 Å². The van der Waals surface area contributed by atoms with Crippen LogP contribution in [0, 0.1) is 11.3 Å². The van der Waals surface area contributed by atoms with Crippen molar-refractivity contribution in [1.29, 1.82) is 5.26 Å². The number of hydrogen-bond donors (Lipinski definition) is 1. The Kier molecular flexibility index (Phi) is 8.10. The molecule has 2 aliphatic rings. The first-order valence-corrected chi connectivity index (χ1v) is 13.7. The highest BCUT2D eigenvalue weighted by Crippen LogP contribution is 2.40. The van der Waals surface area contributed by atoms with Gasteiger partial charge < -0.3 is 19.9 Å². The van der Waals surface area contributed by atoms with Crippen LogP contribution in [0.3, 0.4) is 0 Å². The number of methoxy groups -OCH3 is 1. The second-order valence-corrected chi connectivity index (χ2v) is 10.9. The Morgan fingerprint density at radius 3 is 2.45 bits per heavy atom. The first kappa shape index (κ1) is 29.3. The van der Waals surface area contributed by atoms with E-state index < -0.39 is 29.4 Å². The number of nitrogens with zero attached hydrogens (tertiary/aromatic N) is 4. The van der Waals surface area contributed by atoms with E-state index in [4.69, 9.17) is 4.74 Å². The van der Waals surface area contributed by atoms with Crippen LogP contribution in [0.2, 0.25) is 0 Å². The van der Waals surface area contributed by atoms with Gasteiger partial charge in [0.15, 0.2) is 0 Å². The van der Waals surface area contributed by atoms with E-state index in [0.29, 0.717) is 55.2 Å². The molecule has 3 heterocycles. The zero-order valence-electron chi connectivity index (χ0n) is 23.3. The third-order valence-electron chi connectivity index (χ3n) is 8.28. The summed E-state index contributed by atoms with van der Waals surface area (Å²) in [7, 11) is 3.37. The second kappa shape index (κ2) is 11.6. The van der Waals surface area contributed by atoms with Gasteiger partial charge in [0.25, 0.3) is 0 Å². The second-order valence-electron chi connectivity index (χ2n) is 10.9. The number of hydrogen-bond acceptors (Lipinski definition) is 6. The summed E-state index contributed by atoms with van der Waals surface area (Å²) in [5, 5.41) is 12.5. The minimum atomic E-state index is -4.56. The summed E-state index contributed by atoms with van der Waals surface area (Å²) in [6, 6.07) is 15.5. The lowest BCUT2D eigenvalue weighted by Gasteiger charge is -2.42. The molecule has 1 N–H and O–H groups in total. The maximum atomic E-state index is 14.7. The highest BCUT2D eigenvalue weighted by atomic mass is 19.4. The molecule has 2 atom stereocenters. The molecule has 1 amide bonds. The average molecular weight is 582 g/mol. The number of nitriles is 1. The van der Waals surface area contributed by atoms with Crippen molar-refractivity contribution in [2.75, 3.05) is 45.2 Å². The van der Waals surface area contributed by atoms with Gasteiger partial charge in [-0.2, -0.15) is 18.4 Å². The van der Waals surface area contributed by atoms with Crippen molar-refractivity contribution >= 4 is 11.6 Å². The number of rotatable bonds is 6. The number of amides is 1. The van der Waals surface area contributed by atoms with Crippen LogP contribution in [0.25, 0.3) is 11.3 Å². The standard InChI is InChI=1S/C31H31F4N5O2/c1-39-18-24(32)26(19-39)38-29(41)30(22-7-9-25(37-17-22)23-5-3-4-6-28(23)42-2)11-13-40(14-12-30)27-10-8-21(31(33,34)35)15-20(27)16-36/h3-10,15,17,24,26H,11-14,18-19H2,1-2H3,(H,38,41)/t24-,26-/m1/s1. The van der Waals surface area contributed by atoms with E-state index in [9.17, 15) is 27.6 Å². The molecule has 2 aliphatic heterocycles. The molecular formula is C31H31F4N5O2. The predicted octanol–water partition coefficient (Wildman–Crippen LogP) is 4.95. The number of ether oxygens (including phenoxy) is 1. The van der Waals surface area contributed by atoms with Gasteiger partial charge in [-0.05, 0) is 61.9 Å². The van der Waals surface area contributed by atoms with Crippen LogP contribution in [0.15, 0.2) is 60.8 Å². The molecule has 0 aliphatic carbocycles. The number of piperidine rings is 1. The number of nitrogens with one attached hydrogen (secondary N) is 1. The number of anilines is 1. The normalized spacial score (nSPS) is 20.6. The Balaban J connectivity index is 1.45. The SMILES string of the molecule is COc1ccccc1-c1ccc(C2(C(=O)N[C@@H]3CN(C)C[C@H]3F)CCN(c3ccc(C(F)(F)F)cc3C#N)CC2)cn1. The Morgan fingerprint density at radius 1 is 1.12 bits per heavy atom. The molecule has 7 nitrogen and oxygen atoms in total.